The number of ether oxygens (including phenoxy) is 1. The first kappa shape index (κ1) is 30.6. The normalized spacial score (nSPS) is 15.3. The number of aryl methyl sites for hydroxylation is 1. The summed E-state index contributed by atoms with van der Waals surface area (Å²) in [5, 5.41) is 21.5. The maximum Gasteiger partial charge on any atom is 0.246 e. The number of aliphatic hydroxyl groups excluding tert-OH is 1. The highest BCUT2D eigenvalue weighted by molar-refractivity contribution is 7.17. The summed E-state index contributed by atoms with van der Waals surface area (Å²) in [5.74, 6) is -2.98. The topological polar surface area (TPSA) is 98.3 Å². The summed E-state index contributed by atoms with van der Waals surface area (Å²) >= 11 is 1.11. The fourth-order valence-corrected chi connectivity index (χ4v) is 7.08. The van der Waals surface area contributed by atoms with E-state index in [0.717, 1.165) is 22.8 Å². The van der Waals surface area contributed by atoms with Gasteiger partial charge in [0.15, 0.2) is 0 Å². The Morgan fingerprint density at radius 3 is 2.70 bits per heavy atom. The Labute approximate surface area is 271 Å². The van der Waals surface area contributed by atoms with E-state index in [1.807, 2.05) is 38.4 Å². The average molecular weight is 659 g/mol. The summed E-state index contributed by atoms with van der Waals surface area (Å²) in [6.07, 6.45) is 2.19. The largest absolute Gasteiger partial charge is 0.490 e. The van der Waals surface area contributed by atoms with Crippen molar-refractivity contribution in [3.05, 3.63) is 83.8 Å². The number of benzene rings is 2. The van der Waals surface area contributed by atoms with E-state index in [1.165, 1.54) is 18.4 Å². The van der Waals surface area contributed by atoms with Gasteiger partial charge in [-0.2, -0.15) is 10.2 Å². The van der Waals surface area contributed by atoms with Crippen LogP contribution in [-0.4, -0.2) is 59.7 Å². The van der Waals surface area contributed by atoms with Crippen molar-refractivity contribution in [2.45, 2.75) is 32.5 Å². The Kier molecular flexibility index (Phi) is 7.60. The summed E-state index contributed by atoms with van der Waals surface area (Å²) in [4.78, 5) is 19.3. The van der Waals surface area contributed by atoms with E-state index in [2.05, 4.69) is 11.7 Å². The second kappa shape index (κ2) is 11.7. The standard InChI is InChI=1S/C34H29F3N6O3S/c1-5-28(45)42-8-9-43-26(18(42)3)13-25(40-43)33-31(29-22(36)11-21(35)12-27(29)46-15-17(2)44)30-23(37)16-47-34(30)32(38-33)19-6-7-20-14-41(4)39-24(20)10-19/h5-7,10-14,16-18,44H,1,8-9,15H2,2-4H3/t17?,18-/m1/s1. The molecule has 1 amide bonds. The highest BCUT2D eigenvalue weighted by atomic mass is 32.1. The number of rotatable bonds is 7. The molecule has 6 aromatic rings. The number of carbonyl (C=O) groups is 1. The van der Waals surface area contributed by atoms with Gasteiger partial charge in [-0.05, 0) is 32.1 Å². The van der Waals surface area contributed by atoms with E-state index in [-0.39, 0.29) is 46.5 Å². The number of carbonyl (C=O) groups excluding carboxylic acids is 1. The van der Waals surface area contributed by atoms with Crippen LogP contribution in [0.2, 0.25) is 0 Å². The molecule has 0 saturated carbocycles. The lowest BCUT2D eigenvalue weighted by atomic mass is 9.94. The molecule has 9 nitrogen and oxygen atoms in total. The molecule has 2 aromatic carbocycles. The number of pyridine rings is 1. The third-order valence-corrected chi connectivity index (χ3v) is 9.23. The molecule has 1 aliphatic heterocycles. The highest BCUT2D eigenvalue weighted by Gasteiger charge is 2.32. The molecule has 0 fully saturated rings. The van der Waals surface area contributed by atoms with Gasteiger partial charge in [0.05, 0.1) is 45.9 Å². The monoisotopic (exact) mass is 658 g/mol. The molecular formula is C34H29F3N6O3S. The molecule has 13 heteroatoms. The molecule has 0 spiro atoms. The van der Waals surface area contributed by atoms with Crippen molar-refractivity contribution in [2.75, 3.05) is 13.2 Å². The molecule has 7 rings (SSSR count). The lowest BCUT2D eigenvalue weighted by Crippen LogP contribution is -2.40. The predicted octanol–water partition coefficient (Wildman–Crippen LogP) is 6.65. The van der Waals surface area contributed by atoms with E-state index >= 15 is 8.78 Å². The third kappa shape index (κ3) is 5.25. The zero-order valence-corrected chi connectivity index (χ0v) is 26.5. The van der Waals surface area contributed by atoms with Crippen molar-refractivity contribution in [1.82, 2.24) is 29.4 Å². The summed E-state index contributed by atoms with van der Waals surface area (Å²) < 4.78 is 56.3. The molecule has 1 N–H and O–H groups in total. The van der Waals surface area contributed by atoms with Crippen LogP contribution in [0, 0.1) is 17.5 Å². The minimum atomic E-state index is -0.997. The lowest BCUT2D eigenvalue weighted by Gasteiger charge is -2.33. The van der Waals surface area contributed by atoms with Gasteiger partial charge in [-0.3, -0.25) is 14.2 Å². The van der Waals surface area contributed by atoms with Crippen LogP contribution in [0.25, 0.3) is 54.8 Å². The van der Waals surface area contributed by atoms with Crippen LogP contribution in [0.1, 0.15) is 25.6 Å². The summed E-state index contributed by atoms with van der Waals surface area (Å²) in [7, 11) is 1.82. The smallest absolute Gasteiger partial charge is 0.246 e. The Bertz CT molecular complexity index is 2220. The number of hydrogen-bond acceptors (Lipinski definition) is 7. The van der Waals surface area contributed by atoms with Crippen molar-refractivity contribution >= 4 is 38.2 Å². The first-order valence-corrected chi connectivity index (χ1v) is 15.8. The van der Waals surface area contributed by atoms with E-state index in [0.29, 0.717) is 52.0 Å². The third-order valence-electron chi connectivity index (χ3n) is 8.28. The van der Waals surface area contributed by atoms with Crippen molar-refractivity contribution < 1.29 is 27.8 Å². The molecule has 240 valence electrons. The van der Waals surface area contributed by atoms with Crippen molar-refractivity contribution in [1.29, 1.82) is 0 Å². The molecule has 0 bridgehead atoms. The van der Waals surface area contributed by atoms with Gasteiger partial charge in [0, 0.05) is 59.2 Å². The Balaban J connectivity index is 1.54. The molecule has 1 aliphatic rings. The quantitative estimate of drug-likeness (QED) is 0.193. The van der Waals surface area contributed by atoms with Crippen LogP contribution in [0.3, 0.4) is 0 Å². The number of halogens is 3. The van der Waals surface area contributed by atoms with Gasteiger partial charge in [0.25, 0.3) is 0 Å². The first-order valence-electron chi connectivity index (χ1n) is 14.9. The maximum atomic E-state index is 16.1. The Hall–Kier alpha value is -5.01. The highest BCUT2D eigenvalue weighted by Crippen LogP contribution is 2.48. The Morgan fingerprint density at radius 1 is 1.13 bits per heavy atom. The molecule has 47 heavy (non-hydrogen) atoms. The van der Waals surface area contributed by atoms with Crippen LogP contribution in [-0.2, 0) is 18.4 Å². The molecule has 0 radical (unpaired) electrons. The number of amides is 1. The van der Waals surface area contributed by atoms with Crippen molar-refractivity contribution in [3.63, 3.8) is 0 Å². The van der Waals surface area contributed by atoms with Gasteiger partial charge in [0.2, 0.25) is 5.91 Å². The molecular weight excluding hydrogens is 629 g/mol. The minimum Gasteiger partial charge on any atom is -0.490 e. The molecule has 5 heterocycles. The zero-order chi connectivity index (χ0) is 33.1. The van der Waals surface area contributed by atoms with Crippen LogP contribution < -0.4 is 4.74 Å². The van der Waals surface area contributed by atoms with Gasteiger partial charge < -0.3 is 14.7 Å². The molecule has 1 unspecified atom stereocenters. The number of aliphatic hydroxyl groups is 1. The predicted molar refractivity (Wildman–Crippen MR) is 173 cm³/mol. The SMILES string of the molecule is C=CC(=O)N1CCn2nc(-c3nc(-c4ccc5cn(C)nc5c4)c4scc(F)c4c3-c3c(F)cc(F)cc3OCC(C)O)cc2[C@H]1C. The van der Waals surface area contributed by atoms with Crippen LogP contribution in [0.5, 0.6) is 5.75 Å². The zero-order valence-electron chi connectivity index (χ0n) is 25.7. The Morgan fingerprint density at radius 2 is 1.94 bits per heavy atom. The molecule has 4 aromatic heterocycles. The maximum absolute atomic E-state index is 16.1. The lowest BCUT2D eigenvalue weighted by molar-refractivity contribution is -0.129. The van der Waals surface area contributed by atoms with Crippen LogP contribution >= 0.6 is 11.3 Å². The van der Waals surface area contributed by atoms with E-state index < -0.39 is 23.6 Å². The van der Waals surface area contributed by atoms with Crippen LogP contribution in [0.4, 0.5) is 13.2 Å². The summed E-state index contributed by atoms with van der Waals surface area (Å²) in [5.41, 5.74) is 2.73. The van der Waals surface area contributed by atoms with Crippen molar-refractivity contribution in [2.24, 2.45) is 7.05 Å². The first-order chi connectivity index (χ1) is 22.5. The van der Waals surface area contributed by atoms with E-state index in [1.54, 1.807) is 20.3 Å². The summed E-state index contributed by atoms with van der Waals surface area (Å²) in [6.45, 7) is 7.45. The molecule has 2 atom stereocenters. The number of aromatic nitrogens is 5. The number of nitrogens with zero attached hydrogens (tertiary/aromatic N) is 6. The average Bonchev–Trinajstić information content (AvgIpc) is 3.75. The van der Waals surface area contributed by atoms with Gasteiger partial charge in [-0.15, -0.1) is 11.3 Å². The number of thiophene rings is 1. The van der Waals surface area contributed by atoms with Gasteiger partial charge in [0.1, 0.15) is 41.2 Å². The fourth-order valence-electron chi connectivity index (χ4n) is 6.15. The summed E-state index contributed by atoms with van der Waals surface area (Å²) in [6, 6.07) is 8.69. The van der Waals surface area contributed by atoms with Gasteiger partial charge in [-0.25, -0.2) is 18.2 Å². The number of hydrogen-bond donors (Lipinski definition) is 1. The van der Waals surface area contributed by atoms with Gasteiger partial charge >= 0.3 is 0 Å². The minimum absolute atomic E-state index is 0.0293. The fraction of sp³-hybridized carbons (Fsp3) is 0.235. The van der Waals surface area contributed by atoms with E-state index in [4.69, 9.17) is 14.8 Å². The van der Waals surface area contributed by atoms with E-state index in [9.17, 15) is 14.3 Å². The van der Waals surface area contributed by atoms with Gasteiger partial charge in [-0.1, -0.05) is 18.7 Å². The second-order valence-corrected chi connectivity index (χ2v) is 12.4. The molecule has 0 saturated heterocycles. The second-order valence-electron chi connectivity index (χ2n) is 11.6. The molecule has 0 aliphatic carbocycles. The van der Waals surface area contributed by atoms with Crippen molar-refractivity contribution in [3.8, 4) is 39.5 Å². The number of fused-ring (bicyclic) bond motifs is 3. The van der Waals surface area contributed by atoms with Crippen LogP contribution in [0.15, 0.2) is 60.6 Å².